The Hall–Kier alpha value is -1.71. The quantitative estimate of drug-likeness (QED) is 0.872. The SMILES string of the molecule is CCC1(NC(=O)OCc2ccc(OC)cc2)CC1. The van der Waals surface area contributed by atoms with E-state index in [9.17, 15) is 4.79 Å². The average Bonchev–Trinajstić information content (AvgIpc) is 3.17. The van der Waals surface area contributed by atoms with Gasteiger partial charge in [0.25, 0.3) is 0 Å². The molecule has 0 aliphatic heterocycles. The van der Waals surface area contributed by atoms with Crippen LogP contribution in [0.4, 0.5) is 4.79 Å². The summed E-state index contributed by atoms with van der Waals surface area (Å²) in [6.07, 6.45) is 2.75. The van der Waals surface area contributed by atoms with Crippen molar-refractivity contribution in [2.24, 2.45) is 0 Å². The molecule has 18 heavy (non-hydrogen) atoms. The summed E-state index contributed by atoms with van der Waals surface area (Å²) in [5.74, 6) is 0.797. The van der Waals surface area contributed by atoms with Gasteiger partial charge in [-0.2, -0.15) is 0 Å². The van der Waals surface area contributed by atoms with Crippen LogP contribution in [0, 0.1) is 0 Å². The van der Waals surface area contributed by atoms with Crippen molar-refractivity contribution in [3.05, 3.63) is 29.8 Å². The molecule has 98 valence electrons. The van der Waals surface area contributed by atoms with Crippen molar-refractivity contribution in [1.82, 2.24) is 5.32 Å². The van der Waals surface area contributed by atoms with Crippen LogP contribution in [-0.2, 0) is 11.3 Å². The maximum atomic E-state index is 11.6. The first-order valence-electron chi connectivity index (χ1n) is 6.25. The smallest absolute Gasteiger partial charge is 0.407 e. The third-order valence-corrected chi connectivity index (χ3v) is 3.43. The largest absolute Gasteiger partial charge is 0.497 e. The zero-order valence-electron chi connectivity index (χ0n) is 10.9. The van der Waals surface area contributed by atoms with Crippen molar-refractivity contribution >= 4 is 6.09 Å². The molecule has 0 saturated heterocycles. The van der Waals surface area contributed by atoms with E-state index >= 15 is 0 Å². The highest BCUT2D eigenvalue weighted by atomic mass is 16.5. The van der Waals surface area contributed by atoms with E-state index < -0.39 is 0 Å². The lowest BCUT2D eigenvalue weighted by molar-refractivity contribution is 0.134. The summed E-state index contributed by atoms with van der Waals surface area (Å²) < 4.78 is 10.3. The lowest BCUT2D eigenvalue weighted by Gasteiger charge is -2.14. The van der Waals surface area contributed by atoms with Crippen molar-refractivity contribution in [2.75, 3.05) is 7.11 Å². The second kappa shape index (κ2) is 5.29. The summed E-state index contributed by atoms with van der Waals surface area (Å²) in [7, 11) is 1.62. The van der Waals surface area contributed by atoms with Gasteiger partial charge in [-0.05, 0) is 37.0 Å². The summed E-state index contributed by atoms with van der Waals surface area (Å²) >= 11 is 0. The van der Waals surface area contributed by atoms with E-state index in [-0.39, 0.29) is 18.2 Å². The molecule has 4 heteroatoms. The summed E-state index contributed by atoms with van der Waals surface area (Å²) in [5.41, 5.74) is 0.962. The van der Waals surface area contributed by atoms with Crippen molar-refractivity contribution in [1.29, 1.82) is 0 Å². The number of benzene rings is 1. The molecule has 0 spiro atoms. The normalized spacial score (nSPS) is 15.9. The maximum absolute atomic E-state index is 11.6. The van der Waals surface area contributed by atoms with E-state index in [2.05, 4.69) is 12.2 Å². The molecule has 4 nitrogen and oxygen atoms in total. The van der Waals surface area contributed by atoms with Gasteiger partial charge in [-0.25, -0.2) is 4.79 Å². The minimum absolute atomic E-state index is 0.0109. The molecule has 1 aromatic carbocycles. The molecule has 0 aromatic heterocycles. The average molecular weight is 249 g/mol. The van der Waals surface area contributed by atoms with Crippen LogP contribution < -0.4 is 10.1 Å². The number of carbonyl (C=O) groups is 1. The summed E-state index contributed by atoms with van der Waals surface area (Å²) in [6.45, 7) is 2.37. The molecule has 0 unspecified atom stereocenters. The standard InChI is InChI=1S/C14H19NO3/c1-3-14(8-9-14)15-13(16)18-10-11-4-6-12(17-2)7-5-11/h4-7H,3,8-10H2,1-2H3,(H,15,16). The summed E-state index contributed by atoms with van der Waals surface area (Å²) in [6, 6.07) is 7.48. The number of hydrogen-bond donors (Lipinski definition) is 1. The van der Waals surface area contributed by atoms with Gasteiger partial charge in [0, 0.05) is 5.54 Å². The predicted octanol–water partition coefficient (Wildman–Crippen LogP) is 2.86. The van der Waals surface area contributed by atoms with Gasteiger partial charge < -0.3 is 14.8 Å². The fourth-order valence-electron chi connectivity index (χ4n) is 1.84. The van der Waals surface area contributed by atoms with Crippen LogP contribution in [0.15, 0.2) is 24.3 Å². The topological polar surface area (TPSA) is 47.6 Å². The predicted molar refractivity (Wildman–Crippen MR) is 68.6 cm³/mol. The minimum atomic E-state index is -0.329. The minimum Gasteiger partial charge on any atom is -0.497 e. The lowest BCUT2D eigenvalue weighted by Crippen LogP contribution is -2.36. The number of nitrogens with one attached hydrogen (secondary N) is 1. The van der Waals surface area contributed by atoms with Crippen molar-refractivity contribution in [3.63, 3.8) is 0 Å². The Balaban J connectivity index is 1.78. The van der Waals surface area contributed by atoms with E-state index in [0.717, 1.165) is 30.6 Å². The van der Waals surface area contributed by atoms with Crippen LogP contribution >= 0.6 is 0 Å². The van der Waals surface area contributed by atoms with Crippen LogP contribution in [0.25, 0.3) is 0 Å². The third-order valence-electron chi connectivity index (χ3n) is 3.43. The fraction of sp³-hybridized carbons (Fsp3) is 0.500. The number of carbonyl (C=O) groups excluding carboxylic acids is 1. The lowest BCUT2D eigenvalue weighted by atomic mass is 10.2. The monoisotopic (exact) mass is 249 g/mol. The highest BCUT2D eigenvalue weighted by molar-refractivity contribution is 5.68. The summed E-state index contributed by atoms with van der Waals surface area (Å²) in [4.78, 5) is 11.6. The molecule has 1 amide bonds. The highest BCUT2D eigenvalue weighted by Crippen LogP contribution is 2.38. The molecule has 0 heterocycles. The van der Waals surface area contributed by atoms with Crippen molar-refractivity contribution in [3.8, 4) is 5.75 Å². The van der Waals surface area contributed by atoms with E-state index in [1.807, 2.05) is 24.3 Å². The van der Waals surface area contributed by atoms with E-state index in [1.54, 1.807) is 7.11 Å². The second-order valence-electron chi connectivity index (χ2n) is 4.68. The Morgan fingerprint density at radius 1 is 1.33 bits per heavy atom. The molecule has 1 aromatic rings. The van der Waals surface area contributed by atoms with E-state index in [0.29, 0.717) is 0 Å². The van der Waals surface area contributed by atoms with Gasteiger partial charge in [-0.1, -0.05) is 19.1 Å². The molecule has 1 fully saturated rings. The van der Waals surface area contributed by atoms with Crippen LogP contribution in [0.3, 0.4) is 0 Å². The van der Waals surface area contributed by atoms with Crippen LogP contribution in [-0.4, -0.2) is 18.7 Å². The maximum Gasteiger partial charge on any atom is 0.407 e. The Morgan fingerprint density at radius 2 is 2.00 bits per heavy atom. The third kappa shape index (κ3) is 3.15. The molecule has 1 aliphatic rings. The zero-order valence-corrected chi connectivity index (χ0v) is 10.9. The van der Waals surface area contributed by atoms with Gasteiger partial charge in [0.05, 0.1) is 7.11 Å². The van der Waals surface area contributed by atoms with Gasteiger partial charge in [0.1, 0.15) is 12.4 Å². The fourth-order valence-corrected chi connectivity index (χ4v) is 1.84. The number of amides is 1. The van der Waals surface area contributed by atoms with E-state index in [1.165, 1.54) is 0 Å². The van der Waals surface area contributed by atoms with Crippen LogP contribution in [0.1, 0.15) is 31.7 Å². The van der Waals surface area contributed by atoms with Crippen molar-refractivity contribution in [2.45, 2.75) is 38.3 Å². The first kappa shape index (κ1) is 12.7. The number of rotatable bonds is 5. The number of hydrogen-bond acceptors (Lipinski definition) is 3. The van der Waals surface area contributed by atoms with Gasteiger partial charge in [-0.3, -0.25) is 0 Å². The Labute approximate surface area is 107 Å². The summed E-state index contributed by atoms with van der Waals surface area (Å²) in [5, 5.41) is 2.92. The first-order chi connectivity index (χ1) is 8.67. The van der Waals surface area contributed by atoms with Crippen LogP contribution in [0.5, 0.6) is 5.75 Å². The molecule has 0 bridgehead atoms. The van der Waals surface area contributed by atoms with Gasteiger partial charge in [0.2, 0.25) is 0 Å². The van der Waals surface area contributed by atoms with Gasteiger partial charge in [-0.15, -0.1) is 0 Å². The van der Waals surface area contributed by atoms with Gasteiger partial charge >= 0.3 is 6.09 Å². The molecule has 2 rings (SSSR count). The Morgan fingerprint density at radius 3 is 2.50 bits per heavy atom. The Kier molecular flexibility index (Phi) is 3.75. The number of ether oxygens (including phenoxy) is 2. The number of alkyl carbamates (subject to hydrolysis) is 1. The zero-order chi connectivity index (χ0) is 13.0. The molecular weight excluding hydrogens is 230 g/mol. The number of methoxy groups -OCH3 is 1. The second-order valence-corrected chi connectivity index (χ2v) is 4.68. The molecule has 1 N–H and O–H groups in total. The van der Waals surface area contributed by atoms with Gasteiger partial charge in [0.15, 0.2) is 0 Å². The van der Waals surface area contributed by atoms with E-state index in [4.69, 9.17) is 9.47 Å². The molecule has 0 radical (unpaired) electrons. The first-order valence-corrected chi connectivity index (χ1v) is 6.25. The molecule has 0 atom stereocenters. The molecule has 1 saturated carbocycles. The van der Waals surface area contributed by atoms with Crippen molar-refractivity contribution < 1.29 is 14.3 Å². The molecule has 1 aliphatic carbocycles. The van der Waals surface area contributed by atoms with Crippen LogP contribution in [0.2, 0.25) is 0 Å². The Bertz CT molecular complexity index is 410. The highest BCUT2D eigenvalue weighted by Gasteiger charge is 2.42. The molecular formula is C14H19NO3.